The van der Waals surface area contributed by atoms with Crippen LogP contribution in [0.5, 0.6) is 5.75 Å². The highest BCUT2D eigenvalue weighted by molar-refractivity contribution is 7.52. The average Bonchev–Trinajstić information content (AvgIpc) is 3.39. The van der Waals surface area contributed by atoms with Crippen molar-refractivity contribution in [2.24, 2.45) is 0 Å². The number of imidazole rings is 1. The molecule has 0 saturated carbocycles. The summed E-state index contributed by atoms with van der Waals surface area (Å²) in [6, 6.07) is 9.49. The molecule has 0 aliphatic rings. The number of ether oxygens (including phenoxy) is 2. The van der Waals surface area contributed by atoms with Crippen molar-refractivity contribution >= 4 is 41.5 Å². The maximum atomic E-state index is 14.3. The third-order valence-corrected chi connectivity index (χ3v) is 8.38. The van der Waals surface area contributed by atoms with Crippen LogP contribution in [-0.4, -0.2) is 56.0 Å². The lowest BCUT2D eigenvalue weighted by atomic mass is 10.1. The number of anilines is 1. The molecule has 4 aromatic rings. The van der Waals surface area contributed by atoms with E-state index in [0.29, 0.717) is 40.8 Å². The molecule has 0 bridgehead atoms. The summed E-state index contributed by atoms with van der Waals surface area (Å²) in [6.45, 7) is 8.72. The molecule has 0 spiro atoms. The number of pyridine rings is 2. The van der Waals surface area contributed by atoms with Gasteiger partial charge in [-0.05, 0) is 58.7 Å². The summed E-state index contributed by atoms with van der Waals surface area (Å²) in [5.74, 6) is 0.0752. The van der Waals surface area contributed by atoms with Crippen LogP contribution in [0.3, 0.4) is 0 Å². The molecule has 0 aliphatic carbocycles. The van der Waals surface area contributed by atoms with Crippen molar-refractivity contribution in [2.75, 3.05) is 18.9 Å². The SMILES string of the molecule is CCCCC(O)(COP(=O)(N[C@@H](C)C(=O)OC(C)C)Oc1cccnc1)n1c(COCC)nc2c(N)nc3ccccc3c21. The molecule has 0 fully saturated rings. The van der Waals surface area contributed by atoms with Gasteiger partial charge in [-0.3, -0.25) is 18.9 Å². The highest BCUT2D eigenvalue weighted by Gasteiger charge is 2.40. The Morgan fingerprint density at radius 2 is 1.93 bits per heavy atom. The van der Waals surface area contributed by atoms with Crippen LogP contribution in [-0.2, 0) is 35.7 Å². The Labute approximate surface area is 256 Å². The number of aromatic nitrogens is 4. The quantitative estimate of drug-likeness (QED) is 0.111. The van der Waals surface area contributed by atoms with E-state index in [-0.39, 0.29) is 30.7 Å². The van der Waals surface area contributed by atoms with Crippen LogP contribution in [0.2, 0.25) is 0 Å². The minimum absolute atomic E-state index is 0.0630. The number of nitrogen functional groups attached to an aromatic ring is 1. The van der Waals surface area contributed by atoms with Crippen molar-refractivity contribution in [3.8, 4) is 5.75 Å². The molecule has 3 aromatic heterocycles. The molecule has 44 heavy (non-hydrogen) atoms. The summed E-state index contributed by atoms with van der Waals surface area (Å²) in [5.41, 5.74) is 6.11. The molecule has 1 aromatic carbocycles. The number of nitrogens with two attached hydrogens (primary N) is 1. The number of rotatable bonds is 16. The maximum Gasteiger partial charge on any atom is 0.459 e. The van der Waals surface area contributed by atoms with E-state index >= 15 is 0 Å². The van der Waals surface area contributed by atoms with E-state index in [9.17, 15) is 14.5 Å². The van der Waals surface area contributed by atoms with Crippen molar-refractivity contribution in [1.29, 1.82) is 0 Å². The van der Waals surface area contributed by atoms with Gasteiger partial charge in [0.25, 0.3) is 0 Å². The van der Waals surface area contributed by atoms with E-state index < -0.39 is 32.1 Å². The largest absolute Gasteiger partial charge is 0.462 e. The lowest BCUT2D eigenvalue weighted by Gasteiger charge is -2.33. The molecular weight excluding hydrogens is 587 g/mol. The van der Waals surface area contributed by atoms with E-state index in [1.54, 1.807) is 30.5 Å². The molecule has 238 valence electrons. The Morgan fingerprint density at radius 3 is 2.61 bits per heavy atom. The van der Waals surface area contributed by atoms with Gasteiger partial charge in [0.2, 0.25) is 0 Å². The first-order chi connectivity index (χ1) is 21.0. The Kier molecular flexibility index (Phi) is 10.9. The van der Waals surface area contributed by atoms with Crippen LogP contribution in [0.15, 0.2) is 48.8 Å². The Balaban J connectivity index is 1.81. The molecule has 4 rings (SSSR count). The normalized spacial score (nSPS) is 15.2. The second-order valence-electron chi connectivity index (χ2n) is 10.7. The Hall–Kier alpha value is -3.61. The van der Waals surface area contributed by atoms with Crippen LogP contribution in [0.1, 0.15) is 59.7 Å². The predicted molar refractivity (Wildman–Crippen MR) is 167 cm³/mol. The molecule has 4 N–H and O–H groups in total. The zero-order chi connectivity index (χ0) is 31.9. The monoisotopic (exact) mass is 628 g/mol. The highest BCUT2D eigenvalue weighted by Crippen LogP contribution is 2.47. The molecular formula is C30H41N6O7P. The summed E-state index contributed by atoms with van der Waals surface area (Å²) < 4.78 is 38.7. The fraction of sp³-hybridized carbons (Fsp3) is 0.467. The number of esters is 1. The van der Waals surface area contributed by atoms with E-state index in [1.807, 2.05) is 38.1 Å². The summed E-state index contributed by atoms with van der Waals surface area (Å²) in [7, 11) is -4.33. The molecule has 0 amide bonds. The number of para-hydroxylation sites is 1. The Morgan fingerprint density at radius 1 is 1.16 bits per heavy atom. The van der Waals surface area contributed by atoms with E-state index in [0.717, 1.165) is 6.42 Å². The highest BCUT2D eigenvalue weighted by atomic mass is 31.2. The molecule has 0 aliphatic heterocycles. The van der Waals surface area contributed by atoms with Gasteiger partial charge in [-0.15, -0.1) is 0 Å². The standard InChI is InChI=1S/C30H41N6O7P/c1-6-8-15-30(38,19-41-44(39,43-22-12-11-16-32-17-22)35-21(5)29(37)42-20(3)4)36-25(18-40-7-2)34-26-27(36)23-13-9-10-14-24(23)33-28(26)31/h9-14,16-17,20-21,38H,6-8,15,18-19H2,1-5H3,(H2,31,33)(H,35,39)/t21-,30?,44?/m0/s1. The van der Waals surface area contributed by atoms with Gasteiger partial charge in [-0.1, -0.05) is 31.5 Å². The second kappa shape index (κ2) is 14.4. The predicted octanol–water partition coefficient (Wildman–Crippen LogP) is 5.07. The average molecular weight is 629 g/mol. The summed E-state index contributed by atoms with van der Waals surface area (Å²) in [6.07, 6.45) is 4.05. The van der Waals surface area contributed by atoms with Gasteiger partial charge >= 0.3 is 13.7 Å². The first kappa shape index (κ1) is 33.3. The molecule has 3 heterocycles. The maximum absolute atomic E-state index is 14.3. The Bertz CT molecular complexity index is 1620. The number of hydrogen-bond donors (Lipinski definition) is 3. The first-order valence-electron chi connectivity index (χ1n) is 14.7. The van der Waals surface area contributed by atoms with Crippen LogP contribution in [0.4, 0.5) is 5.82 Å². The number of unbranched alkanes of at least 4 members (excludes halogenated alkanes) is 1. The van der Waals surface area contributed by atoms with Gasteiger partial charge in [-0.25, -0.2) is 14.5 Å². The lowest BCUT2D eigenvalue weighted by Crippen LogP contribution is -2.41. The smallest absolute Gasteiger partial charge is 0.459 e. The molecule has 0 radical (unpaired) electrons. The van der Waals surface area contributed by atoms with Crippen molar-refractivity contribution in [2.45, 2.75) is 78.4 Å². The number of benzene rings is 1. The number of aliphatic hydroxyl groups is 1. The van der Waals surface area contributed by atoms with E-state index in [4.69, 9.17) is 29.2 Å². The molecule has 3 atom stereocenters. The van der Waals surface area contributed by atoms with Crippen LogP contribution >= 0.6 is 7.75 Å². The zero-order valence-electron chi connectivity index (χ0n) is 25.7. The summed E-state index contributed by atoms with van der Waals surface area (Å²) >= 11 is 0. The van der Waals surface area contributed by atoms with Crippen molar-refractivity contribution < 1.29 is 33.0 Å². The van der Waals surface area contributed by atoms with Crippen molar-refractivity contribution in [1.82, 2.24) is 24.6 Å². The second-order valence-corrected chi connectivity index (χ2v) is 12.4. The van der Waals surface area contributed by atoms with Gasteiger partial charge < -0.3 is 24.8 Å². The summed E-state index contributed by atoms with van der Waals surface area (Å²) in [5, 5.41) is 15.9. The van der Waals surface area contributed by atoms with Crippen molar-refractivity contribution in [3.05, 3.63) is 54.6 Å². The number of fused-ring (bicyclic) bond motifs is 3. The van der Waals surface area contributed by atoms with Crippen LogP contribution in [0.25, 0.3) is 21.9 Å². The van der Waals surface area contributed by atoms with E-state index in [2.05, 4.69) is 15.1 Å². The van der Waals surface area contributed by atoms with Gasteiger partial charge in [0.05, 0.1) is 23.3 Å². The minimum Gasteiger partial charge on any atom is -0.462 e. The summed E-state index contributed by atoms with van der Waals surface area (Å²) in [4.78, 5) is 25.9. The van der Waals surface area contributed by atoms with Crippen LogP contribution < -0.4 is 15.3 Å². The molecule has 2 unspecified atom stereocenters. The minimum atomic E-state index is -4.33. The van der Waals surface area contributed by atoms with Gasteiger partial charge in [-0.2, -0.15) is 5.09 Å². The number of hydrogen-bond acceptors (Lipinski definition) is 11. The third kappa shape index (κ3) is 7.72. The van der Waals surface area contributed by atoms with Gasteiger partial charge in [0, 0.05) is 18.2 Å². The third-order valence-electron chi connectivity index (χ3n) is 6.75. The number of carbonyl (C=O) groups excluding carboxylic acids is 1. The molecule has 0 saturated heterocycles. The molecule has 13 nitrogen and oxygen atoms in total. The fourth-order valence-corrected chi connectivity index (χ4v) is 6.26. The fourth-order valence-electron chi connectivity index (χ4n) is 4.74. The number of nitrogens with one attached hydrogen (secondary N) is 1. The molecule has 14 heteroatoms. The lowest BCUT2D eigenvalue weighted by molar-refractivity contribution is -0.149. The number of nitrogens with zero attached hydrogens (tertiary/aromatic N) is 4. The van der Waals surface area contributed by atoms with Crippen LogP contribution in [0, 0.1) is 0 Å². The van der Waals surface area contributed by atoms with Crippen molar-refractivity contribution in [3.63, 3.8) is 0 Å². The first-order valence-corrected chi connectivity index (χ1v) is 16.2. The zero-order valence-corrected chi connectivity index (χ0v) is 26.6. The number of carbonyl (C=O) groups is 1. The topological polar surface area (TPSA) is 173 Å². The van der Waals surface area contributed by atoms with Gasteiger partial charge in [0.1, 0.15) is 36.3 Å². The van der Waals surface area contributed by atoms with E-state index in [1.165, 1.54) is 19.3 Å². The van der Waals surface area contributed by atoms with Gasteiger partial charge in [0.15, 0.2) is 11.5 Å².